The van der Waals surface area contributed by atoms with E-state index < -0.39 is 0 Å². The Morgan fingerprint density at radius 2 is 1.94 bits per heavy atom. The lowest BCUT2D eigenvalue weighted by molar-refractivity contribution is -0.677. The lowest BCUT2D eigenvalue weighted by atomic mass is 10.3. The molecular weight excluding hydrogens is 222 g/mol. The van der Waals surface area contributed by atoms with E-state index in [-0.39, 0.29) is 0 Å². The highest BCUT2D eigenvalue weighted by atomic mass is 15.2. The van der Waals surface area contributed by atoms with Gasteiger partial charge in [0.15, 0.2) is 0 Å². The van der Waals surface area contributed by atoms with Gasteiger partial charge in [0.25, 0.3) is 5.82 Å². The van der Waals surface area contributed by atoms with E-state index in [9.17, 15) is 0 Å². The Labute approximate surface area is 109 Å². The molecule has 0 radical (unpaired) electrons. The Bertz CT molecular complexity index is 488. The number of hydrogen-bond donors (Lipinski definition) is 0. The molecule has 0 spiro atoms. The van der Waals surface area contributed by atoms with E-state index >= 15 is 0 Å². The fraction of sp³-hybridized carbons (Fsp3) is 0.400. The van der Waals surface area contributed by atoms with Crippen molar-refractivity contribution in [3.05, 3.63) is 48.5 Å². The maximum Gasteiger partial charge on any atom is 0.253 e. The summed E-state index contributed by atoms with van der Waals surface area (Å²) in [4.78, 5) is 2.40. The van der Waals surface area contributed by atoms with Crippen LogP contribution in [0.4, 0.5) is 5.69 Å². The molecule has 0 bridgehead atoms. The predicted octanol–water partition coefficient (Wildman–Crippen LogP) is 2.15. The molecule has 2 aromatic rings. The van der Waals surface area contributed by atoms with Crippen LogP contribution < -0.4 is 9.47 Å². The second-order valence-electron chi connectivity index (χ2n) is 4.56. The molecule has 0 aliphatic rings. The minimum absolute atomic E-state index is 1.02. The van der Waals surface area contributed by atoms with Crippen LogP contribution in [-0.4, -0.2) is 17.7 Å². The molecule has 0 fully saturated rings. The smallest absolute Gasteiger partial charge is 0.253 e. The molecule has 18 heavy (non-hydrogen) atoms. The average molecular weight is 244 g/mol. The van der Waals surface area contributed by atoms with Crippen molar-refractivity contribution in [1.29, 1.82) is 0 Å². The zero-order valence-electron chi connectivity index (χ0n) is 11.5. The zero-order valence-corrected chi connectivity index (χ0v) is 11.5. The van der Waals surface area contributed by atoms with Crippen molar-refractivity contribution < 1.29 is 4.57 Å². The van der Waals surface area contributed by atoms with E-state index in [0.29, 0.717) is 0 Å². The number of rotatable bonds is 5. The van der Waals surface area contributed by atoms with Crippen molar-refractivity contribution in [1.82, 2.24) is 4.57 Å². The second-order valence-corrected chi connectivity index (χ2v) is 4.56. The first kappa shape index (κ1) is 12.7. The largest absolute Gasteiger partial charge is 0.368 e. The summed E-state index contributed by atoms with van der Waals surface area (Å²) in [5.74, 6) is 1.29. The fourth-order valence-electron chi connectivity index (χ4n) is 2.17. The van der Waals surface area contributed by atoms with Crippen LogP contribution in [0.3, 0.4) is 0 Å². The molecule has 3 heteroatoms. The summed E-state index contributed by atoms with van der Waals surface area (Å²) in [6, 6.07) is 10.6. The summed E-state index contributed by atoms with van der Waals surface area (Å²) < 4.78 is 4.45. The highest BCUT2D eigenvalue weighted by molar-refractivity contribution is 5.45. The third-order valence-electron chi connectivity index (χ3n) is 3.51. The number of aromatic nitrogens is 2. The van der Waals surface area contributed by atoms with Gasteiger partial charge in [-0.3, -0.25) is 0 Å². The van der Waals surface area contributed by atoms with E-state index in [4.69, 9.17) is 0 Å². The number of nitrogens with zero attached hydrogens (tertiary/aromatic N) is 3. The summed E-state index contributed by atoms with van der Waals surface area (Å²) in [6.45, 7) is 7.45. The van der Waals surface area contributed by atoms with Crippen LogP contribution in [0.2, 0.25) is 0 Å². The van der Waals surface area contributed by atoms with Gasteiger partial charge in [-0.25, -0.2) is 9.13 Å². The molecule has 96 valence electrons. The summed E-state index contributed by atoms with van der Waals surface area (Å²) in [5, 5.41) is 0. The number of benzene rings is 1. The van der Waals surface area contributed by atoms with Gasteiger partial charge in [-0.15, -0.1) is 0 Å². The molecule has 0 atom stereocenters. The topological polar surface area (TPSA) is 12.1 Å². The Balaban J connectivity index is 2.02. The van der Waals surface area contributed by atoms with Crippen LogP contribution >= 0.6 is 0 Å². The molecule has 0 aliphatic heterocycles. The summed E-state index contributed by atoms with van der Waals surface area (Å²) in [5.41, 5.74) is 1.30. The summed E-state index contributed by atoms with van der Waals surface area (Å²) in [6.07, 6.45) is 4.25. The van der Waals surface area contributed by atoms with Crippen LogP contribution in [0.15, 0.2) is 42.7 Å². The van der Waals surface area contributed by atoms with Crippen molar-refractivity contribution in [2.45, 2.75) is 20.4 Å². The van der Waals surface area contributed by atoms with Crippen LogP contribution in [0.25, 0.3) is 0 Å². The fourth-order valence-corrected chi connectivity index (χ4v) is 2.17. The van der Waals surface area contributed by atoms with E-state index in [2.05, 4.69) is 77.7 Å². The van der Waals surface area contributed by atoms with Crippen LogP contribution in [-0.2, 0) is 13.6 Å². The molecule has 0 saturated heterocycles. The lowest BCUT2D eigenvalue weighted by Crippen LogP contribution is -2.31. The van der Waals surface area contributed by atoms with E-state index in [0.717, 1.165) is 19.6 Å². The van der Waals surface area contributed by atoms with Crippen molar-refractivity contribution in [2.24, 2.45) is 7.05 Å². The molecule has 1 heterocycles. The Kier molecular flexibility index (Phi) is 4.03. The predicted molar refractivity (Wildman–Crippen MR) is 74.7 cm³/mol. The Morgan fingerprint density at radius 1 is 1.22 bits per heavy atom. The van der Waals surface area contributed by atoms with E-state index in [1.54, 1.807) is 0 Å². The standard InChI is InChI=1S/C15H22N3/c1-4-17(15-8-6-5-7-9-15)12-13-18-11-10-16(3)14(18)2/h5-11H,4,12-13H2,1-3H3/q+1. The number of para-hydroxylation sites is 1. The number of hydrogen-bond acceptors (Lipinski definition) is 1. The Hall–Kier alpha value is -1.77. The minimum atomic E-state index is 1.02. The van der Waals surface area contributed by atoms with Gasteiger partial charge in [0, 0.05) is 19.2 Å². The molecule has 1 aromatic heterocycles. The molecule has 0 unspecified atom stereocenters. The second kappa shape index (κ2) is 5.71. The van der Waals surface area contributed by atoms with Crippen molar-refractivity contribution in [3.8, 4) is 0 Å². The number of imidazole rings is 1. The van der Waals surface area contributed by atoms with Crippen LogP contribution in [0, 0.1) is 6.92 Å². The van der Waals surface area contributed by atoms with Crippen LogP contribution in [0.1, 0.15) is 12.7 Å². The van der Waals surface area contributed by atoms with Crippen LogP contribution in [0.5, 0.6) is 0 Å². The third kappa shape index (κ3) is 2.73. The van der Waals surface area contributed by atoms with Gasteiger partial charge in [-0.1, -0.05) is 18.2 Å². The van der Waals surface area contributed by atoms with Gasteiger partial charge in [-0.2, -0.15) is 0 Å². The highest BCUT2D eigenvalue weighted by Gasteiger charge is 2.10. The van der Waals surface area contributed by atoms with Gasteiger partial charge in [0.2, 0.25) is 0 Å². The summed E-state index contributed by atoms with van der Waals surface area (Å²) in [7, 11) is 2.08. The normalized spacial score (nSPS) is 10.6. The van der Waals surface area contributed by atoms with Gasteiger partial charge in [-0.05, 0) is 19.1 Å². The lowest BCUT2D eigenvalue weighted by Gasteiger charge is -2.22. The molecular formula is C15H22N3+. The molecule has 0 N–H and O–H groups in total. The first-order chi connectivity index (χ1) is 8.72. The van der Waals surface area contributed by atoms with Crippen molar-refractivity contribution in [3.63, 3.8) is 0 Å². The van der Waals surface area contributed by atoms with Gasteiger partial charge >= 0.3 is 0 Å². The molecule has 2 rings (SSSR count). The Morgan fingerprint density at radius 3 is 2.50 bits per heavy atom. The molecule has 3 nitrogen and oxygen atoms in total. The van der Waals surface area contributed by atoms with Gasteiger partial charge in [0.1, 0.15) is 18.9 Å². The number of anilines is 1. The average Bonchev–Trinajstić information content (AvgIpc) is 2.72. The molecule has 0 amide bonds. The molecule has 1 aromatic carbocycles. The number of aryl methyl sites for hydroxylation is 1. The van der Waals surface area contributed by atoms with Crippen molar-refractivity contribution >= 4 is 5.69 Å². The van der Waals surface area contributed by atoms with E-state index in [1.807, 2.05) is 0 Å². The summed E-state index contributed by atoms with van der Waals surface area (Å²) >= 11 is 0. The van der Waals surface area contributed by atoms with Crippen molar-refractivity contribution in [2.75, 3.05) is 18.0 Å². The maximum atomic E-state index is 2.40. The zero-order chi connectivity index (χ0) is 13.0. The highest BCUT2D eigenvalue weighted by Crippen LogP contribution is 2.12. The SMILES string of the molecule is CCN(CCn1cc[n+](C)c1C)c1ccccc1. The molecule has 0 saturated carbocycles. The monoisotopic (exact) mass is 244 g/mol. The quantitative estimate of drug-likeness (QED) is 0.734. The van der Waals surface area contributed by atoms with Gasteiger partial charge < -0.3 is 4.90 Å². The molecule has 0 aliphatic carbocycles. The minimum Gasteiger partial charge on any atom is -0.368 e. The maximum absolute atomic E-state index is 2.40. The number of likely N-dealkylation sites (N-methyl/N-ethyl adjacent to an activating group) is 1. The first-order valence-electron chi connectivity index (χ1n) is 6.53. The third-order valence-corrected chi connectivity index (χ3v) is 3.51. The van der Waals surface area contributed by atoms with E-state index in [1.165, 1.54) is 11.5 Å². The first-order valence-corrected chi connectivity index (χ1v) is 6.53. The van der Waals surface area contributed by atoms with Gasteiger partial charge in [0.05, 0.1) is 13.6 Å².